The molecule has 0 aliphatic heterocycles. The molecule has 0 unspecified atom stereocenters. The largest absolute Gasteiger partial charge is 0.744 e. The van der Waals surface area contributed by atoms with Crippen molar-refractivity contribution in [2.45, 2.75) is 4.90 Å². The van der Waals surface area contributed by atoms with Crippen molar-refractivity contribution in [1.82, 2.24) is 4.48 Å². The average molecular weight is 429 g/mol. The highest BCUT2D eigenvalue weighted by Gasteiger charge is 2.21. The molecule has 0 radical (unpaired) electrons. The summed E-state index contributed by atoms with van der Waals surface area (Å²) in [5.74, 6) is 0. The summed E-state index contributed by atoms with van der Waals surface area (Å²) < 4.78 is 31.4. The highest BCUT2D eigenvalue weighted by atomic mass is 32.2. The third-order valence-electron chi connectivity index (χ3n) is 4.04. The predicted molar refractivity (Wildman–Crippen MR) is 117 cm³/mol. The second-order valence-corrected chi connectivity index (χ2v) is 8.61. The van der Waals surface area contributed by atoms with Crippen molar-refractivity contribution in [1.29, 1.82) is 0 Å². The Morgan fingerprint density at radius 1 is 0.867 bits per heavy atom. The van der Waals surface area contributed by atoms with Gasteiger partial charge in [-0.2, -0.15) is 0 Å². The molecule has 8 nitrogen and oxygen atoms in total. The Labute approximate surface area is 175 Å². The number of para-hydroxylation sites is 1. The molecule has 0 fully saturated rings. The molecule has 30 heavy (non-hydrogen) atoms. The molecule has 0 heterocycles. The van der Waals surface area contributed by atoms with E-state index in [4.69, 9.17) is 0 Å². The minimum absolute atomic E-state index is 0.0828. The number of hydrogen-bond acceptors (Lipinski definition) is 6. The van der Waals surface area contributed by atoms with Crippen LogP contribution in [-0.2, 0) is 10.1 Å². The number of nitro groups is 1. The normalized spacial score (nSPS) is 11.2. The Morgan fingerprint density at radius 3 is 1.83 bits per heavy atom. The van der Waals surface area contributed by atoms with Crippen LogP contribution in [0.5, 0.6) is 0 Å². The molecule has 0 saturated carbocycles. The SMILES string of the molecule is C[N+](C)(C)c1ccc(Nc2ccccc2)c([N+](=O)[O-])c1.O=S(=O)([O-])c1ccccc1. The van der Waals surface area contributed by atoms with E-state index in [9.17, 15) is 23.1 Å². The maximum absolute atomic E-state index is 11.2. The lowest BCUT2D eigenvalue weighted by Gasteiger charge is -2.23. The number of anilines is 2. The second-order valence-electron chi connectivity index (χ2n) is 7.23. The lowest BCUT2D eigenvalue weighted by Crippen LogP contribution is -2.34. The van der Waals surface area contributed by atoms with Crippen molar-refractivity contribution >= 4 is 32.9 Å². The van der Waals surface area contributed by atoms with Gasteiger partial charge in [0.15, 0.2) is 0 Å². The lowest BCUT2D eigenvalue weighted by atomic mass is 10.2. The molecule has 0 amide bonds. The molecule has 1 N–H and O–H groups in total. The van der Waals surface area contributed by atoms with Gasteiger partial charge in [-0.25, -0.2) is 8.42 Å². The number of nitrogens with zero attached hydrogens (tertiary/aromatic N) is 2. The molecular weight excluding hydrogens is 406 g/mol. The van der Waals surface area contributed by atoms with Crippen molar-refractivity contribution < 1.29 is 17.9 Å². The number of hydrogen-bond donors (Lipinski definition) is 1. The van der Waals surface area contributed by atoms with Gasteiger partial charge in [0, 0.05) is 11.8 Å². The average Bonchev–Trinajstić information content (AvgIpc) is 2.68. The Kier molecular flexibility index (Phi) is 7.28. The first-order chi connectivity index (χ1) is 14.0. The van der Waals surface area contributed by atoms with Crippen LogP contribution in [-0.4, -0.2) is 39.0 Å². The molecule has 0 aliphatic carbocycles. The zero-order valence-corrected chi connectivity index (χ0v) is 17.7. The summed E-state index contributed by atoms with van der Waals surface area (Å²) in [7, 11) is 1.67. The quantitative estimate of drug-likeness (QED) is 0.282. The standard InChI is InChI=1S/C15H18N3O2.C6H6O3S/c1-18(2,3)13-9-10-14(15(11-13)17(19)20)16-12-7-5-4-6-8-12;7-10(8,9)6-4-2-1-3-5-6/h4-11,16H,1-3H3;1-5H,(H,7,8,9)/q+1;/p-1. The highest BCUT2D eigenvalue weighted by Crippen LogP contribution is 2.32. The summed E-state index contributed by atoms with van der Waals surface area (Å²) in [6.07, 6.45) is 0. The van der Waals surface area contributed by atoms with E-state index in [0.29, 0.717) is 10.2 Å². The maximum Gasteiger partial charge on any atom is 0.298 e. The van der Waals surface area contributed by atoms with E-state index in [2.05, 4.69) is 5.32 Å². The first-order valence-corrected chi connectivity index (χ1v) is 10.3. The van der Waals surface area contributed by atoms with E-state index in [0.717, 1.165) is 11.4 Å². The van der Waals surface area contributed by atoms with Crippen LogP contribution in [0, 0.1) is 10.1 Å². The van der Waals surface area contributed by atoms with Gasteiger partial charge in [-0.05, 0) is 30.3 Å². The summed E-state index contributed by atoms with van der Waals surface area (Å²) in [6.45, 7) is 0. The molecule has 3 rings (SSSR count). The number of nitro benzene ring substituents is 1. The molecule has 0 saturated heterocycles. The summed E-state index contributed by atoms with van der Waals surface area (Å²) in [5, 5.41) is 14.3. The van der Waals surface area contributed by atoms with Crippen LogP contribution in [0.2, 0.25) is 0 Å². The first kappa shape index (κ1) is 23.0. The van der Waals surface area contributed by atoms with Gasteiger partial charge >= 0.3 is 0 Å². The van der Waals surface area contributed by atoms with E-state index in [1.807, 2.05) is 57.5 Å². The van der Waals surface area contributed by atoms with E-state index >= 15 is 0 Å². The zero-order chi connectivity index (χ0) is 22.4. The molecule has 0 spiro atoms. The van der Waals surface area contributed by atoms with Gasteiger partial charge in [0.2, 0.25) is 0 Å². The van der Waals surface area contributed by atoms with Gasteiger partial charge in [0.1, 0.15) is 21.5 Å². The Hall–Kier alpha value is -3.27. The maximum atomic E-state index is 11.2. The van der Waals surface area contributed by atoms with Crippen LogP contribution in [0.15, 0.2) is 83.8 Å². The number of quaternary nitrogens is 1. The Bertz CT molecular complexity index is 1100. The summed E-state index contributed by atoms with van der Waals surface area (Å²) in [4.78, 5) is 10.7. The Morgan fingerprint density at radius 2 is 1.40 bits per heavy atom. The van der Waals surface area contributed by atoms with Crippen LogP contribution in [0.4, 0.5) is 22.7 Å². The topological polar surface area (TPSA) is 112 Å². The number of benzene rings is 3. The zero-order valence-electron chi connectivity index (χ0n) is 16.8. The highest BCUT2D eigenvalue weighted by molar-refractivity contribution is 7.85. The predicted octanol–water partition coefficient (Wildman–Crippen LogP) is 4.13. The fraction of sp³-hybridized carbons (Fsp3) is 0.143. The van der Waals surface area contributed by atoms with Gasteiger partial charge in [0.05, 0.1) is 37.0 Å². The van der Waals surface area contributed by atoms with Crippen LogP contribution in [0.1, 0.15) is 0 Å². The molecule has 9 heteroatoms. The van der Waals surface area contributed by atoms with Gasteiger partial charge in [0.25, 0.3) is 5.69 Å². The number of rotatable bonds is 5. The fourth-order valence-electron chi connectivity index (χ4n) is 2.46. The summed E-state index contributed by atoms with van der Waals surface area (Å²) in [5.41, 5.74) is 2.29. The van der Waals surface area contributed by atoms with E-state index < -0.39 is 10.1 Å². The van der Waals surface area contributed by atoms with Crippen molar-refractivity contribution in [2.75, 3.05) is 26.5 Å². The van der Waals surface area contributed by atoms with E-state index in [1.54, 1.807) is 18.2 Å². The molecule has 3 aromatic carbocycles. The van der Waals surface area contributed by atoms with Crippen LogP contribution >= 0.6 is 0 Å². The van der Waals surface area contributed by atoms with Crippen LogP contribution < -0.4 is 9.80 Å². The minimum Gasteiger partial charge on any atom is -0.744 e. The van der Waals surface area contributed by atoms with Crippen molar-refractivity contribution in [3.63, 3.8) is 0 Å². The third kappa shape index (κ3) is 6.66. The smallest absolute Gasteiger partial charge is 0.298 e. The van der Waals surface area contributed by atoms with Gasteiger partial charge in [-0.15, -0.1) is 0 Å². The first-order valence-electron chi connectivity index (χ1n) is 8.92. The summed E-state index contributed by atoms with van der Waals surface area (Å²) in [6, 6.07) is 21.9. The third-order valence-corrected chi connectivity index (χ3v) is 4.89. The Balaban J connectivity index is 0.000000269. The molecule has 3 aromatic rings. The van der Waals surface area contributed by atoms with E-state index in [1.165, 1.54) is 24.3 Å². The molecule has 158 valence electrons. The monoisotopic (exact) mass is 429 g/mol. The van der Waals surface area contributed by atoms with Crippen molar-refractivity contribution in [3.05, 3.63) is 89.0 Å². The lowest BCUT2D eigenvalue weighted by molar-refractivity contribution is -0.383. The summed E-state index contributed by atoms with van der Waals surface area (Å²) >= 11 is 0. The van der Waals surface area contributed by atoms with Gasteiger partial charge < -0.3 is 9.87 Å². The van der Waals surface area contributed by atoms with Gasteiger partial charge in [-0.1, -0.05) is 36.4 Å². The molecule has 0 aromatic heterocycles. The molecule has 0 aliphatic rings. The van der Waals surface area contributed by atoms with Crippen molar-refractivity contribution in [3.8, 4) is 0 Å². The van der Waals surface area contributed by atoms with E-state index in [-0.39, 0.29) is 15.5 Å². The fourth-order valence-corrected chi connectivity index (χ4v) is 2.95. The van der Waals surface area contributed by atoms with Crippen molar-refractivity contribution in [2.24, 2.45) is 0 Å². The van der Waals surface area contributed by atoms with Crippen LogP contribution in [0.3, 0.4) is 0 Å². The minimum atomic E-state index is -4.25. The molecule has 0 atom stereocenters. The second kappa shape index (κ2) is 9.49. The number of nitrogens with one attached hydrogen (secondary N) is 1. The molecular formula is C21H23N3O5S. The van der Waals surface area contributed by atoms with Gasteiger partial charge in [-0.3, -0.25) is 14.6 Å². The van der Waals surface area contributed by atoms with Crippen LogP contribution in [0.25, 0.3) is 0 Å². The molecule has 0 bridgehead atoms.